The molecule has 0 bridgehead atoms. The number of aromatic hydroxyl groups is 1. The molecule has 19 heavy (non-hydrogen) atoms. The first-order chi connectivity index (χ1) is 9.22. The Hall–Kier alpha value is -1.66. The average molecular weight is 337 g/mol. The summed E-state index contributed by atoms with van der Waals surface area (Å²) in [7, 11) is 0. The van der Waals surface area contributed by atoms with Crippen molar-refractivity contribution in [1.82, 2.24) is 10.1 Å². The van der Waals surface area contributed by atoms with Crippen molar-refractivity contribution in [2.45, 2.75) is 6.42 Å². The molecule has 1 aromatic carbocycles. The van der Waals surface area contributed by atoms with E-state index in [1.807, 2.05) is 23.6 Å². The van der Waals surface area contributed by atoms with Gasteiger partial charge in [-0.15, -0.1) is 11.3 Å². The third kappa shape index (κ3) is 2.69. The summed E-state index contributed by atoms with van der Waals surface area (Å²) in [5.74, 6) is 1.20. The topological polar surface area (TPSA) is 59.2 Å². The molecule has 1 N–H and O–H groups in total. The highest BCUT2D eigenvalue weighted by Gasteiger charge is 2.11. The number of nitrogens with zero attached hydrogens (tertiary/aromatic N) is 2. The minimum atomic E-state index is 0.149. The fourth-order valence-corrected chi connectivity index (χ4v) is 2.61. The van der Waals surface area contributed by atoms with Crippen LogP contribution < -0.4 is 0 Å². The van der Waals surface area contributed by atoms with Gasteiger partial charge >= 0.3 is 0 Å². The monoisotopic (exact) mass is 336 g/mol. The molecule has 0 radical (unpaired) electrons. The summed E-state index contributed by atoms with van der Waals surface area (Å²) in [4.78, 5) is 5.51. The van der Waals surface area contributed by atoms with Crippen LogP contribution >= 0.6 is 27.3 Å². The molecule has 0 aliphatic carbocycles. The SMILES string of the molecule is Oc1cc(-c2nc(Cc3cccs3)no2)ccc1Br. The van der Waals surface area contributed by atoms with Crippen LogP contribution in [0.2, 0.25) is 0 Å². The molecule has 0 unspecified atom stereocenters. The first-order valence-corrected chi connectivity index (χ1v) is 7.23. The van der Waals surface area contributed by atoms with Crippen molar-refractivity contribution in [2.75, 3.05) is 0 Å². The Morgan fingerprint density at radius 1 is 1.32 bits per heavy atom. The van der Waals surface area contributed by atoms with Gasteiger partial charge in [-0.1, -0.05) is 11.2 Å². The summed E-state index contributed by atoms with van der Waals surface area (Å²) in [5, 5.41) is 15.6. The summed E-state index contributed by atoms with van der Waals surface area (Å²) >= 11 is 4.89. The second-order valence-electron chi connectivity index (χ2n) is 3.94. The Balaban J connectivity index is 1.86. The third-order valence-corrected chi connectivity index (χ3v) is 4.12. The fraction of sp³-hybridized carbons (Fsp3) is 0.0769. The van der Waals surface area contributed by atoms with Gasteiger partial charge in [-0.05, 0) is 45.6 Å². The summed E-state index contributed by atoms with van der Waals surface area (Å²) in [6, 6.07) is 9.17. The maximum Gasteiger partial charge on any atom is 0.258 e. The molecule has 0 saturated carbocycles. The maximum atomic E-state index is 9.64. The van der Waals surface area contributed by atoms with Crippen LogP contribution in [-0.2, 0) is 6.42 Å². The predicted octanol–water partition coefficient (Wildman–Crippen LogP) is 3.86. The maximum absolute atomic E-state index is 9.64. The molecule has 0 saturated heterocycles. The number of hydrogen-bond donors (Lipinski definition) is 1. The molecule has 0 atom stereocenters. The molecule has 0 amide bonds. The number of halogens is 1. The van der Waals surface area contributed by atoms with Crippen LogP contribution in [0.4, 0.5) is 0 Å². The second kappa shape index (κ2) is 5.14. The molecule has 4 nitrogen and oxygen atoms in total. The van der Waals surface area contributed by atoms with E-state index in [0.29, 0.717) is 28.2 Å². The largest absolute Gasteiger partial charge is 0.507 e. The minimum Gasteiger partial charge on any atom is -0.507 e. The van der Waals surface area contributed by atoms with Crippen molar-refractivity contribution in [1.29, 1.82) is 0 Å². The van der Waals surface area contributed by atoms with Gasteiger partial charge < -0.3 is 9.63 Å². The Morgan fingerprint density at radius 2 is 2.21 bits per heavy atom. The Kier molecular flexibility index (Phi) is 3.35. The van der Waals surface area contributed by atoms with Crippen LogP contribution in [0.15, 0.2) is 44.7 Å². The Morgan fingerprint density at radius 3 is 2.95 bits per heavy atom. The molecule has 3 rings (SSSR count). The third-order valence-electron chi connectivity index (χ3n) is 2.57. The Labute approximate surface area is 121 Å². The molecular weight excluding hydrogens is 328 g/mol. The zero-order valence-electron chi connectivity index (χ0n) is 9.71. The molecule has 2 heterocycles. The van der Waals surface area contributed by atoms with Gasteiger partial charge in [0.1, 0.15) is 5.75 Å². The van der Waals surface area contributed by atoms with Gasteiger partial charge in [-0.2, -0.15) is 4.98 Å². The molecule has 3 aromatic rings. The van der Waals surface area contributed by atoms with Crippen LogP contribution in [0, 0.1) is 0 Å². The molecular formula is C13H9BrN2O2S. The number of hydrogen-bond acceptors (Lipinski definition) is 5. The van der Waals surface area contributed by atoms with E-state index in [4.69, 9.17) is 4.52 Å². The number of benzene rings is 1. The van der Waals surface area contributed by atoms with Crippen molar-refractivity contribution < 1.29 is 9.63 Å². The number of aromatic nitrogens is 2. The summed E-state index contributed by atoms with van der Waals surface area (Å²) < 4.78 is 5.85. The van der Waals surface area contributed by atoms with Gasteiger partial charge in [0.2, 0.25) is 0 Å². The van der Waals surface area contributed by atoms with Gasteiger partial charge in [0.15, 0.2) is 5.82 Å². The smallest absolute Gasteiger partial charge is 0.258 e. The van der Waals surface area contributed by atoms with Gasteiger partial charge in [-0.3, -0.25) is 0 Å². The van der Waals surface area contributed by atoms with Gasteiger partial charge in [0.25, 0.3) is 5.89 Å². The molecule has 0 aliphatic rings. The normalized spacial score (nSPS) is 10.8. The quantitative estimate of drug-likeness (QED) is 0.788. The van der Waals surface area contributed by atoms with Crippen LogP contribution in [0.25, 0.3) is 11.5 Å². The zero-order chi connectivity index (χ0) is 13.2. The first-order valence-electron chi connectivity index (χ1n) is 5.56. The van der Waals surface area contributed by atoms with E-state index in [0.717, 1.165) is 0 Å². The van der Waals surface area contributed by atoms with E-state index in [9.17, 15) is 5.11 Å². The first kappa shape index (κ1) is 12.4. The highest BCUT2D eigenvalue weighted by Crippen LogP contribution is 2.29. The lowest BCUT2D eigenvalue weighted by Crippen LogP contribution is -1.87. The highest BCUT2D eigenvalue weighted by molar-refractivity contribution is 9.10. The summed E-state index contributed by atoms with van der Waals surface area (Å²) in [6.07, 6.45) is 0.656. The van der Waals surface area contributed by atoms with Crippen molar-refractivity contribution in [3.05, 3.63) is 50.9 Å². The van der Waals surface area contributed by atoms with E-state index >= 15 is 0 Å². The second-order valence-corrected chi connectivity index (χ2v) is 5.82. The standard InChI is InChI=1S/C13H9BrN2O2S/c14-10-4-3-8(6-11(10)17)13-15-12(16-18-13)7-9-2-1-5-19-9/h1-6,17H,7H2. The van der Waals surface area contributed by atoms with Crippen molar-refractivity contribution in [3.63, 3.8) is 0 Å². The van der Waals surface area contributed by atoms with E-state index in [2.05, 4.69) is 26.1 Å². The number of thiophene rings is 1. The van der Waals surface area contributed by atoms with Crippen LogP contribution in [0.3, 0.4) is 0 Å². The van der Waals surface area contributed by atoms with Gasteiger partial charge in [-0.25, -0.2) is 0 Å². The van der Waals surface area contributed by atoms with E-state index in [1.54, 1.807) is 23.5 Å². The lowest BCUT2D eigenvalue weighted by Gasteiger charge is -1.98. The molecule has 0 spiro atoms. The number of phenolic OH excluding ortho intramolecular Hbond substituents is 1. The van der Waals surface area contributed by atoms with Crippen LogP contribution in [0.5, 0.6) is 5.75 Å². The van der Waals surface area contributed by atoms with E-state index < -0.39 is 0 Å². The van der Waals surface area contributed by atoms with Crippen LogP contribution in [-0.4, -0.2) is 15.2 Å². The lowest BCUT2D eigenvalue weighted by molar-refractivity contribution is 0.423. The number of phenols is 1. The summed E-state index contributed by atoms with van der Waals surface area (Å²) in [6.45, 7) is 0. The van der Waals surface area contributed by atoms with Gasteiger partial charge in [0.05, 0.1) is 4.47 Å². The molecule has 2 aromatic heterocycles. The van der Waals surface area contributed by atoms with Gasteiger partial charge in [0, 0.05) is 16.9 Å². The van der Waals surface area contributed by atoms with Crippen molar-refractivity contribution >= 4 is 27.3 Å². The molecule has 0 fully saturated rings. The van der Waals surface area contributed by atoms with E-state index in [1.165, 1.54) is 4.88 Å². The highest BCUT2D eigenvalue weighted by atomic mass is 79.9. The number of rotatable bonds is 3. The van der Waals surface area contributed by atoms with E-state index in [-0.39, 0.29) is 5.75 Å². The molecule has 0 aliphatic heterocycles. The average Bonchev–Trinajstić information content (AvgIpc) is 3.05. The Bertz CT molecular complexity index is 694. The fourth-order valence-electron chi connectivity index (χ4n) is 1.66. The zero-order valence-corrected chi connectivity index (χ0v) is 12.1. The van der Waals surface area contributed by atoms with Crippen LogP contribution in [0.1, 0.15) is 10.7 Å². The van der Waals surface area contributed by atoms with Crippen molar-refractivity contribution in [2.24, 2.45) is 0 Å². The lowest BCUT2D eigenvalue weighted by atomic mass is 10.2. The summed E-state index contributed by atoms with van der Waals surface area (Å²) in [5.41, 5.74) is 0.700. The molecule has 6 heteroatoms. The predicted molar refractivity (Wildman–Crippen MR) is 76.2 cm³/mol. The van der Waals surface area contributed by atoms with Crippen molar-refractivity contribution in [3.8, 4) is 17.2 Å². The molecule has 96 valence electrons. The minimum absolute atomic E-state index is 0.149.